The molecule has 5 heteroatoms. The predicted octanol–water partition coefficient (Wildman–Crippen LogP) is 2.76. The molecule has 0 radical (unpaired) electrons. The first-order chi connectivity index (χ1) is 10.5. The normalized spacial score (nSPS) is 23.9. The molecule has 1 aromatic carbocycles. The highest BCUT2D eigenvalue weighted by Gasteiger charge is 2.27. The lowest BCUT2D eigenvalue weighted by Crippen LogP contribution is -2.44. The molecule has 1 saturated heterocycles. The number of carbonyl (C=O) groups is 1. The standard InChI is InChI=1S/C17H24F2N2O/c1-12-9-14(10-16(22)20-11-12)21-15(17(18)19)8-7-13-5-3-2-4-6-13/h2-6,12,14-15,17,21H,7-11H2,1H3,(H,20,22). The molecule has 122 valence electrons. The number of amides is 1. The van der Waals surface area contributed by atoms with Crippen LogP contribution in [0.5, 0.6) is 0 Å². The minimum atomic E-state index is -2.43. The van der Waals surface area contributed by atoms with Crippen LogP contribution in [0.4, 0.5) is 8.78 Å². The van der Waals surface area contributed by atoms with Crippen molar-refractivity contribution >= 4 is 5.91 Å². The number of benzene rings is 1. The molecule has 0 bridgehead atoms. The molecule has 0 spiro atoms. The van der Waals surface area contributed by atoms with Gasteiger partial charge in [-0.2, -0.15) is 0 Å². The van der Waals surface area contributed by atoms with Crippen LogP contribution in [0, 0.1) is 5.92 Å². The van der Waals surface area contributed by atoms with Gasteiger partial charge in [-0.05, 0) is 30.7 Å². The van der Waals surface area contributed by atoms with Gasteiger partial charge in [-0.15, -0.1) is 0 Å². The minimum Gasteiger partial charge on any atom is -0.356 e. The Morgan fingerprint density at radius 3 is 2.73 bits per heavy atom. The van der Waals surface area contributed by atoms with E-state index in [0.717, 1.165) is 12.0 Å². The van der Waals surface area contributed by atoms with E-state index in [4.69, 9.17) is 0 Å². The van der Waals surface area contributed by atoms with Gasteiger partial charge in [0.15, 0.2) is 0 Å². The van der Waals surface area contributed by atoms with Crippen LogP contribution in [0.1, 0.15) is 31.7 Å². The van der Waals surface area contributed by atoms with Crippen molar-refractivity contribution in [2.24, 2.45) is 5.92 Å². The Balaban J connectivity index is 1.91. The zero-order valence-electron chi connectivity index (χ0n) is 12.9. The largest absolute Gasteiger partial charge is 0.356 e. The average molecular weight is 310 g/mol. The fourth-order valence-electron chi connectivity index (χ4n) is 2.92. The fourth-order valence-corrected chi connectivity index (χ4v) is 2.92. The van der Waals surface area contributed by atoms with Gasteiger partial charge in [-0.3, -0.25) is 4.79 Å². The number of aryl methyl sites for hydroxylation is 1. The highest BCUT2D eigenvalue weighted by molar-refractivity contribution is 5.76. The minimum absolute atomic E-state index is 0.0575. The highest BCUT2D eigenvalue weighted by atomic mass is 19.3. The van der Waals surface area contributed by atoms with Gasteiger partial charge in [0.05, 0.1) is 6.04 Å². The van der Waals surface area contributed by atoms with Crippen LogP contribution >= 0.6 is 0 Å². The predicted molar refractivity (Wildman–Crippen MR) is 82.9 cm³/mol. The molecule has 1 heterocycles. The average Bonchev–Trinajstić information content (AvgIpc) is 2.65. The van der Waals surface area contributed by atoms with Crippen molar-refractivity contribution in [2.45, 2.75) is 51.1 Å². The Morgan fingerprint density at radius 2 is 2.05 bits per heavy atom. The van der Waals surface area contributed by atoms with E-state index in [1.807, 2.05) is 37.3 Å². The summed E-state index contributed by atoms with van der Waals surface area (Å²) in [7, 11) is 0. The Kier molecular flexibility index (Phi) is 6.31. The lowest BCUT2D eigenvalue weighted by atomic mass is 9.99. The van der Waals surface area contributed by atoms with Crippen LogP contribution in [-0.2, 0) is 11.2 Å². The number of alkyl halides is 2. The number of hydrogen-bond acceptors (Lipinski definition) is 2. The van der Waals surface area contributed by atoms with Gasteiger partial charge >= 0.3 is 0 Å². The van der Waals surface area contributed by atoms with Crippen LogP contribution in [-0.4, -0.2) is 31.0 Å². The molecule has 3 atom stereocenters. The van der Waals surface area contributed by atoms with Gasteiger partial charge in [0, 0.05) is 19.0 Å². The summed E-state index contributed by atoms with van der Waals surface area (Å²) in [5.74, 6) is 0.245. The van der Waals surface area contributed by atoms with E-state index < -0.39 is 12.5 Å². The molecule has 0 aliphatic carbocycles. The van der Waals surface area contributed by atoms with E-state index in [1.165, 1.54) is 0 Å². The second-order valence-corrected chi connectivity index (χ2v) is 6.18. The molecular formula is C17H24F2N2O. The van der Waals surface area contributed by atoms with E-state index in [-0.39, 0.29) is 18.4 Å². The maximum absolute atomic E-state index is 13.3. The van der Waals surface area contributed by atoms with Gasteiger partial charge in [-0.1, -0.05) is 37.3 Å². The number of carbonyl (C=O) groups excluding carboxylic acids is 1. The lowest BCUT2D eigenvalue weighted by molar-refractivity contribution is -0.121. The van der Waals surface area contributed by atoms with Crippen molar-refractivity contribution in [3.63, 3.8) is 0 Å². The maximum atomic E-state index is 13.3. The van der Waals surface area contributed by atoms with Gasteiger partial charge in [0.2, 0.25) is 5.91 Å². The number of rotatable bonds is 6. The molecule has 2 N–H and O–H groups in total. The van der Waals surface area contributed by atoms with Crippen molar-refractivity contribution in [3.8, 4) is 0 Å². The van der Waals surface area contributed by atoms with Crippen molar-refractivity contribution < 1.29 is 13.6 Å². The smallest absolute Gasteiger partial charge is 0.253 e. The van der Waals surface area contributed by atoms with Crippen molar-refractivity contribution in [3.05, 3.63) is 35.9 Å². The third-order valence-corrected chi connectivity index (χ3v) is 4.11. The maximum Gasteiger partial charge on any atom is 0.253 e. The Labute approximate surface area is 130 Å². The summed E-state index contributed by atoms with van der Waals surface area (Å²) in [6, 6.07) is 8.59. The first-order valence-corrected chi connectivity index (χ1v) is 7.89. The fraction of sp³-hybridized carbons (Fsp3) is 0.588. The molecule has 3 unspecified atom stereocenters. The van der Waals surface area contributed by atoms with Gasteiger partial charge in [0.25, 0.3) is 6.43 Å². The van der Waals surface area contributed by atoms with E-state index in [1.54, 1.807) is 0 Å². The molecule has 1 fully saturated rings. The van der Waals surface area contributed by atoms with Crippen LogP contribution < -0.4 is 10.6 Å². The van der Waals surface area contributed by atoms with Crippen LogP contribution in [0.3, 0.4) is 0 Å². The third kappa shape index (κ3) is 5.37. The zero-order chi connectivity index (χ0) is 15.9. The third-order valence-electron chi connectivity index (χ3n) is 4.11. The molecule has 1 aromatic rings. The summed E-state index contributed by atoms with van der Waals surface area (Å²) in [6.45, 7) is 2.65. The Morgan fingerprint density at radius 1 is 1.32 bits per heavy atom. The molecule has 1 aliphatic rings. The van der Waals surface area contributed by atoms with Gasteiger partial charge in [-0.25, -0.2) is 8.78 Å². The summed E-state index contributed by atoms with van der Waals surface area (Å²) in [4.78, 5) is 11.6. The quantitative estimate of drug-likeness (QED) is 0.848. The van der Waals surface area contributed by atoms with Crippen LogP contribution in [0.2, 0.25) is 0 Å². The zero-order valence-corrected chi connectivity index (χ0v) is 12.9. The highest BCUT2D eigenvalue weighted by Crippen LogP contribution is 2.17. The first-order valence-electron chi connectivity index (χ1n) is 7.89. The molecule has 2 rings (SSSR count). The van der Waals surface area contributed by atoms with E-state index >= 15 is 0 Å². The van der Waals surface area contributed by atoms with Crippen molar-refractivity contribution in [1.29, 1.82) is 0 Å². The molecule has 0 aromatic heterocycles. The number of nitrogens with one attached hydrogen (secondary N) is 2. The molecule has 3 nitrogen and oxygen atoms in total. The SMILES string of the molecule is CC1CNC(=O)CC(NC(CCc2ccccc2)C(F)F)C1. The number of hydrogen-bond donors (Lipinski definition) is 2. The summed E-state index contributed by atoms with van der Waals surface area (Å²) < 4.78 is 26.6. The van der Waals surface area contributed by atoms with Crippen molar-refractivity contribution in [1.82, 2.24) is 10.6 Å². The van der Waals surface area contributed by atoms with Gasteiger partial charge < -0.3 is 10.6 Å². The molecule has 0 saturated carbocycles. The van der Waals surface area contributed by atoms with E-state index in [2.05, 4.69) is 10.6 Å². The topological polar surface area (TPSA) is 41.1 Å². The lowest BCUT2D eigenvalue weighted by Gasteiger charge is -2.25. The molecular weight excluding hydrogens is 286 g/mol. The second kappa shape index (κ2) is 8.22. The monoisotopic (exact) mass is 310 g/mol. The van der Waals surface area contributed by atoms with E-state index in [0.29, 0.717) is 25.3 Å². The first kappa shape index (κ1) is 16.9. The number of halogens is 2. The van der Waals surface area contributed by atoms with Gasteiger partial charge in [0.1, 0.15) is 0 Å². The van der Waals surface area contributed by atoms with E-state index in [9.17, 15) is 13.6 Å². The molecule has 1 amide bonds. The molecule has 1 aliphatic heterocycles. The Bertz CT molecular complexity index is 467. The van der Waals surface area contributed by atoms with Crippen molar-refractivity contribution in [2.75, 3.05) is 6.54 Å². The van der Waals surface area contributed by atoms with Crippen LogP contribution in [0.25, 0.3) is 0 Å². The summed E-state index contributed by atoms with van der Waals surface area (Å²) in [5.41, 5.74) is 1.06. The summed E-state index contributed by atoms with van der Waals surface area (Å²) in [6.07, 6.45) is -0.428. The summed E-state index contributed by atoms with van der Waals surface area (Å²) in [5, 5.41) is 5.83. The summed E-state index contributed by atoms with van der Waals surface area (Å²) >= 11 is 0. The molecule has 22 heavy (non-hydrogen) atoms. The van der Waals surface area contributed by atoms with Crippen LogP contribution in [0.15, 0.2) is 30.3 Å². The Hall–Kier alpha value is -1.49. The second-order valence-electron chi connectivity index (χ2n) is 6.18.